The van der Waals surface area contributed by atoms with Crippen LogP contribution in [0, 0.1) is 5.92 Å². The van der Waals surface area contributed by atoms with Gasteiger partial charge in [-0.25, -0.2) is 16.8 Å². The second-order valence-electron chi connectivity index (χ2n) is 7.92. The van der Waals surface area contributed by atoms with Crippen LogP contribution >= 0.6 is 0 Å². The average Bonchev–Trinajstić information content (AvgIpc) is 2.79. The molecule has 1 amide bonds. The summed E-state index contributed by atoms with van der Waals surface area (Å²) in [5.41, 5.74) is 1.79. The SMILES string of the molecule is CCCS(=O)(=O)Nc1ccc(NC(=O)C2CCN(S(=O)(=O)/C=C/c3ccccc3)CC2)cc1. The van der Waals surface area contributed by atoms with Crippen molar-refractivity contribution in [2.75, 3.05) is 28.9 Å². The van der Waals surface area contributed by atoms with E-state index in [4.69, 9.17) is 0 Å². The van der Waals surface area contributed by atoms with Crippen LogP contribution in [0.5, 0.6) is 0 Å². The van der Waals surface area contributed by atoms with Crippen molar-refractivity contribution in [3.8, 4) is 0 Å². The lowest BCUT2D eigenvalue weighted by molar-refractivity contribution is -0.120. The maximum atomic E-state index is 12.6. The molecule has 10 heteroatoms. The molecule has 1 fully saturated rings. The molecule has 178 valence electrons. The van der Waals surface area contributed by atoms with E-state index in [1.54, 1.807) is 37.3 Å². The molecule has 0 bridgehead atoms. The lowest BCUT2D eigenvalue weighted by Gasteiger charge is -2.29. The molecular formula is C23H29N3O5S2. The number of benzene rings is 2. The minimum Gasteiger partial charge on any atom is -0.326 e. The highest BCUT2D eigenvalue weighted by atomic mass is 32.2. The molecule has 0 radical (unpaired) electrons. The molecule has 1 saturated heterocycles. The summed E-state index contributed by atoms with van der Waals surface area (Å²) in [4.78, 5) is 12.6. The smallest absolute Gasteiger partial charge is 0.236 e. The quantitative estimate of drug-likeness (QED) is 0.558. The van der Waals surface area contributed by atoms with E-state index in [-0.39, 0.29) is 30.7 Å². The predicted octanol–water partition coefficient (Wildman–Crippen LogP) is 3.49. The molecular weight excluding hydrogens is 462 g/mol. The van der Waals surface area contributed by atoms with Crippen LogP contribution in [0.4, 0.5) is 11.4 Å². The number of rotatable bonds is 9. The monoisotopic (exact) mass is 491 g/mol. The van der Waals surface area contributed by atoms with E-state index in [0.29, 0.717) is 30.6 Å². The molecule has 0 unspecified atom stereocenters. The van der Waals surface area contributed by atoms with E-state index < -0.39 is 20.0 Å². The fraction of sp³-hybridized carbons (Fsp3) is 0.348. The van der Waals surface area contributed by atoms with Gasteiger partial charge in [-0.3, -0.25) is 9.52 Å². The lowest BCUT2D eigenvalue weighted by Crippen LogP contribution is -2.40. The minimum absolute atomic E-state index is 0.0436. The number of hydrogen-bond acceptors (Lipinski definition) is 5. The van der Waals surface area contributed by atoms with Gasteiger partial charge in [-0.15, -0.1) is 0 Å². The Morgan fingerprint density at radius 1 is 0.970 bits per heavy atom. The maximum Gasteiger partial charge on any atom is 0.236 e. The van der Waals surface area contributed by atoms with E-state index in [1.807, 2.05) is 30.3 Å². The molecule has 2 N–H and O–H groups in total. The first-order valence-electron chi connectivity index (χ1n) is 10.8. The van der Waals surface area contributed by atoms with Crippen LogP contribution < -0.4 is 10.0 Å². The van der Waals surface area contributed by atoms with Gasteiger partial charge in [-0.05, 0) is 55.2 Å². The number of hydrogen-bond donors (Lipinski definition) is 2. The Kier molecular flexibility index (Phi) is 8.28. The Bertz CT molecular complexity index is 1170. The molecule has 0 aromatic heterocycles. The molecule has 8 nitrogen and oxygen atoms in total. The Balaban J connectivity index is 1.51. The number of piperidine rings is 1. The van der Waals surface area contributed by atoms with E-state index in [2.05, 4.69) is 10.0 Å². The molecule has 1 aliphatic heterocycles. The first-order chi connectivity index (χ1) is 15.7. The number of amides is 1. The molecule has 3 rings (SSSR count). The first kappa shape index (κ1) is 24.9. The summed E-state index contributed by atoms with van der Waals surface area (Å²) in [6.07, 6.45) is 2.95. The zero-order valence-corrected chi connectivity index (χ0v) is 20.1. The van der Waals surface area contributed by atoms with Crippen molar-refractivity contribution < 1.29 is 21.6 Å². The van der Waals surface area contributed by atoms with E-state index in [0.717, 1.165) is 5.56 Å². The molecule has 2 aromatic carbocycles. The van der Waals surface area contributed by atoms with Crippen molar-refractivity contribution in [3.05, 3.63) is 65.6 Å². The van der Waals surface area contributed by atoms with Crippen LogP contribution in [0.2, 0.25) is 0 Å². The number of anilines is 2. The van der Waals surface area contributed by atoms with E-state index in [9.17, 15) is 21.6 Å². The van der Waals surface area contributed by atoms with Gasteiger partial charge >= 0.3 is 0 Å². The summed E-state index contributed by atoms with van der Waals surface area (Å²) >= 11 is 0. The Hall–Kier alpha value is -2.69. The predicted molar refractivity (Wildman–Crippen MR) is 131 cm³/mol. The van der Waals surface area contributed by atoms with Gasteiger partial charge in [0, 0.05) is 35.8 Å². The second-order valence-corrected chi connectivity index (χ2v) is 11.6. The molecule has 0 spiro atoms. The van der Waals surface area contributed by atoms with Gasteiger partial charge in [0.05, 0.1) is 5.75 Å². The van der Waals surface area contributed by atoms with Crippen molar-refractivity contribution in [2.24, 2.45) is 5.92 Å². The fourth-order valence-electron chi connectivity index (χ4n) is 3.55. The van der Waals surface area contributed by atoms with Crippen molar-refractivity contribution in [3.63, 3.8) is 0 Å². The standard InChI is InChI=1S/C23H29N3O5S2/c1-2-17-32(28,29)25-22-10-8-21(9-11-22)24-23(27)20-12-15-26(16-13-20)33(30,31)18-14-19-6-4-3-5-7-19/h3-11,14,18,20,25H,2,12-13,15-17H2,1H3,(H,24,27)/b18-14+. The van der Waals surface area contributed by atoms with E-state index >= 15 is 0 Å². The lowest BCUT2D eigenvalue weighted by atomic mass is 9.97. The molecule has 33 heavy (non-hydrogen) atoms. The van der Waals surface area contributed by atoms with Gasteiger partial charge in [0.1, 0.15) is 0 Å². The second kappa shape index (κ2) is 11.0. The first-order valence-corrected chi connectivity index (χ1v) is 14.0. The van der Waals surface area contributed by atoms with Crippen LogP contribution in [0.25, 0.3) is 6.08 Å². The number of carbonyl (C=O) groups is 1. The number of sulfonamides is 2. The molecule has 0 atom stereocenters. The summed E-state index contributed by atoms with van der Waals surface area (Å²) in [6.45, 7) is 2.34. The van der Waals surface area contributed by atoms with Gasteiger partial charge < -0.3 is 5.32 Å². The third kappa shape index (κ3) is 7.41. The highest BCUT2D eigenvalue weighted by Gasteiger charge is 2.30. The Morgan fingerprint density at radius 2 is 1.58 bits per heavy atom. The molecule has 1 heterocycles. The van der Waals surface area contributed by atoms with Gasteiger partial charge in [0.15, 0.2) is 0 Å². The van der Waals surface area contributed by atoms with Crippen molar-refractivity contribution in [1.29, 1.82) is 0 Å². The molecule has 0 saturated carbocycles. The summed E-state index contributed by atoms with van der Waals surface area (Å²) in [7, 11) is -6.92. The van der Waals surface area contributed by atoms with Crippen molar-refractivity contribution >= 4 is 43.4 Å². The summed E-state index contributed by atoms with van der Waals surface area (Å²) in [5, 5.41) is 4.04. The van der Waals surface area contributed by atoms with Gasteiger partial charge in [0.25, 0.3) is 0 Å². The molecule has 1 aliphatic rings. The summed E-state index contributed by atoms with van der Waals surface area (Å²) < 4.78 is 52.8. The largest absolute Gasteiger partial charge is 0.326 e. The van der Waals surface area contributed by atoms with Crippen LogP contribution in [-0.2, 0) is 24.8 Å². The van der Waals surface area contributed by atoms with Gasteiger partial charge in [0.2, 0.25) is 26.0 Å². The zero-order valence-electron chi connectivity index (χ0n) is 18.5. The zero-order chi connectivity index (χ0) is 23.9. The highest BCUT2D eigenvalue weighted by molar-refractivity contribution is 7.92. The maximum absolute atomic E-state index is 12.6. The minimum atomic E-state index is -3.55. The van der Waals surface area contributed by atoms with Crippen LogP contribution in [0.1, 0.15) is 31.7 Å². The van der Waals surface area contributed by atoms with Gasteiger partial charge in [-0.1, -0.05) is 37.3 Å². The van der Waals surface area contributed by atoms with Crippen LogP contribution in [0.3, 0.4) is 0 Å². The average molecular weight is 492 g/mol. The topological polar surface area (TPSA) is 113 Å². The normalized spacial score (nSPS) is 16.0. The number of nitrogens with one attached hydrogen (secondary N) is 2. The summed E-state index contributed by atoms with van der Waals surface area (Å²) in [6, 6.07) is 15.7. The van der Waals surface area contributed by atoms with E-state index in [1.165, 1.54) is 9.71 Å². The fourth-order valence-corrected chi connectivity index (χ4v) is 5.91. The third-order valence-electron chi connectivity index (χ3n) is 5.32. The van der Waals surface area contributed by atoms with Crippen molar-refractivity contribution in [1.82, 2.24) is 4.31 Å². The van der Waals surface area contributed by atoms with Crippen LogP contribution in [0.15, 0.2) is 60.0 Å². The Labute approximate surface area is 195 Å². The number of carbonyl (C=O) groups excluding carboxylic acids is 1. The molecule has 0 aliphatic carbocycles. The van der Waals surface area contributed by atoms with Gasteiger partial charge in [-0.2, -0.15) is 4.31 Å². The Morgan fingerprint density at radius 3 is 2.18 bits per heavy atom. The number of nitrogens with zero attached hydrogens (tertiary/aromatic N) is 1. The third-order valence-corrected chi connectivity index (χ3v) is 8.37. The summed E-state index contributed by atoms with van der Waals surface area (Å²) in [5.74, 6) is -0.425. The highest BCUT2D eigenvalue weighted by Crippen LogP contribution is 2.23. The van der Waals surface area contributed by atoms with Crippen molar-refractivity contribution in [2.45, 2.75) is 26.2 Å². The molecule has 2 aromatic rings. The van der Waals surface area contributed by atoms with Crippen LogP contribution in [-0.4, -0.2) is 45.9 Å².